The van der Waals surface area contributed by atoms with Crippen molar-refractivity contribution in [2.24, 2.45) is 28.6 Å². The van der Waals surface area contributed by atoms with Crippen molar-refractivity contribution in [3.05, 3.63) is 12.2 Å². The molecule has 4 saturated carbocycles. The highest BCUT2D eigenvalue weighted by Gasteiger charge is 2.73. The highest BCUT2D eigenvalue weighted by Crippen LogP contribution is 2.69. The van der Waals surface area contributed by atoms with Crippen molar-refractivity contribution < 1.29 is 30.0 Å². The van der Waals surface area contributed by atoms with Crippen LogP contribution in [-0.4, -0.2) is 55.9 Å². The van der Waals surface area contributed by atoms with E-state index in [-0.39, 0.29) is 18.3 Å². The Balaban J connectivity index is 1.89. The molecule has 0 aromatic rings. The molecule has 0 amide bonds. The van der Waals surface area contributed by atoms with Crippen LogP contribution in [0.5, 0.6) is 0 Å². The third kappa shape index (κ3) is 2.26. The van der Waals surface area contributed by atoms with Crippen LogP contribution in [-0.2, 0) is 9.53 Å². The van der Waals surface area contributed by atoms with Gasteiger partial charge in [-0.15, -0.1) is 0 Å². The van der Waals surface area contributed by atoms with Gasteiger partial charge in [0.2, 0.25) is 0 Å². The average molecular weight is 395 g/mol. The summed E-state index contributed by atoms with van der Waals surface area (Å²) < 4.78 is 5.70. The van der Waals surface area contributed by atoms with Crippen LogP contribution in [0.3, 0.4) is 0 Å². The van der Waals surface area contributed by atoms with Gasteiger partial charge in [-0.05, 0) is 44.9 Å². The lowest BCUT2D eigenvalue weighted by Gasteiger charge is -2.47. The number of fused-ring (bicyclic) bond motifs is 2. The largest absolute Gasteiger partial charge is 0.459 e. The van der Waals surface area contributed by atoms with Gasteiger partial charge in [-0.2, -0.15) is 0 Å². The molecule has 2 unspecified atom stereocenters. The molecule has 6 heteroatoms. The zero-order chi connectivity index (χ0) is 20.9. The monoisotopic (exact) mass is 394 g/mol. The van der Waals surface area contributed by atoms with Crippen LogP contribution in [0.25, 0.3) is 0 Å². The topological polar surface area (TPSA) is 107 Å². The molecule has 0 aliphatic heterocycles. The number of hydrogen-bond donors (Lipinski definition) is 4. The van der Waals surface area contributed by atoms with Gasteiger partial charge in [-0.25, -0.2) is 0 Å². The molecule has 4 aliphatic rings. The molecule has 0 aromatic heterocycles. The molecule has 4 rings (SSSR count). The second-order valence-corrected chi connectivity index (χ2v) is 10.7. The predicted octanol–water partition coefficient (Wildman–Crippen LogP) is 1.54. The SMILES string of the molecule is C=C1[C@@H]2CCC3[C@H](O)C2(C[C@@H](OC(C)=O)[C@@]2(O)[C@H]1C[C@H](O)C2(C)C)C[C@@]3(C)O. The van der Waals surface area contributed by atoms with Crippen molar-refractivity contribution in [2.75, 3.05) is 0 Å². The summed E-state index contributed by atoms with van der Waals surface area (Å²) in [5, 5.41) is 45.1. The van der Waals surface area contributed by atoms with E-state index in [9.17, 15) is 25.2 Å². The lowest BCUT2D eigenvalue weighted by atomic mass is 9.61. The molecule has 0 aromatic carbocycles. The first-order valence-electron chi connectivity index (χ1n) is 10.5. The number of rotatable bonds is 1. The smallest absolute Gasteiger partial charge is 0.303 e. The molecule has 158 valence electrons. The summed E-state index contributed by atoms with van der Waals surface area (Å²) in [7, 11) is 0. The van der Waals surface area contributed by atoms with Crippen LogP contribution in [0.1, 0.15) is 59.8 Å². The van der Waals surface area contributed by atoms with Crippen LogP contribution in [0.2, 0.25) is 0 Å². The molecule has 2 bridgehead atoms. The minimum absolute atomic E-state index is 0.0918. The van der Waals surface area contributed by atoms with Gasteiger partial charge in [0, 0.05) is 29.6 Å². The normalized spacial score (nSPS) is 54.6. The van der Waals surface area contributed by atoms with Gasteiger partial charge in [0.05, 0.1) is 17.8 Å². The maximum Gasteiger partial charge on any atom is 0.303 e. The molecular weight excluding hydrogens is 360 g/mol. The lowest BCUT2D eigenvalue weighted by Crippen LogP contribution is -2.58. The number of esters is 1. The maximum absolute atomic E-state index is 12.0. The number of aliphatic hydroxyl groups is 4. The highest BCUT2D eigenvalue weighted by atomic mass is 16.6. The van der Waals surface area contributed by atoms with Crippen LogP contribution in [0.15, 0.2) is 12.2 Å². The van der Waals surface area contributed by atoms with Crippen molar-refractivity contribution >= 4 is 5.97 Å². The number of carbonyl (C=O) groups excluding carboxylic acids is 1. The summed E-state index contributed by atoms with van der Waals surface area (Å²) in [6.07, 6.45) is 0.0770. The summed E-state index contributed by atoms with van der Waals surface area (Å²) in [6.45, 7) is 11.0. The van der Waals surface area contributed by atoms with E-state index in [0.29, 0.717) is 19.3 Å². The van der Waals surface area contributed by atoms with Crippen LogP contribution in [0.4, 0.5) is 0 Å². The standard InChI is InChI=1S/C22H34O6/c1-11-13-6-7-14-18(25)21(13,10-20(14,5)26)9-17(28-12(2)23)22(27)15(11)8-16(24)19(22,3)4/h13-18,24-27H,1,6-10H2,2-5H3/t13-,14?,15-,16-,17+,18-,20+,21?,22-/m0/s1. The molecule has 28 heavy (non-hydrogen) atoms. The predicted molar refractivity (Wildman–Crippen MR) is 102 cm³/mol. The molecule has 6 nitrogen and oxygen atoms in total. The lowest BCUT2D eigenvalue weighted by molar-refractivity contribution is -0.198. The highest BCUT2D eigenvalue weighted by molar-refractivity contribution is 5.66. The van der Waals surface area contributed by atoms with Crippen molar-refractivity contribution in [1.82, 2.24) is 0 Å². The van der Waals surface area contributed by atoms with Crippen LogP contribution in [0, 0.1) is 28.6 Å². The summed E-state index contributed by atoms with van der Waals surface area (Å²) in [5.74, 6) is -1.26. The molecular formula is C22H34O6. The third-order valence-electron chi connectivity index (χ3n) is 9.03. The van der Waals surface area contributed by atoms with Gasteiger partial charge in [0.15, 0.2) is 0 Å². The van der Waals surface area contributed by atoms with Gasteiger partial charge in [0.25, 0.3) is 0 Å². The summed E-state index contributed by atoms with van der Waals surface area (Å²) in [4.78, 5) is 12.0. The molecule has 4 fully saturated rings. The van der Waals surface area contributed by atoms with E-state index >= 15 is 0 Å². The first-order valence-corrected chi connectivity index (χ1v) is 10.5. The van der Waals surface area contributed by atoms with Gasteiger partial charge in [-0.3, -0.25) is 4.79 Å². The summed E-state index contributed by atoms with van der Waals surface area (Å²) in [6, 6.07) is 0. The fourth-order valence-electron chi connectivity index (χ4n) is 7.53. The number of carbonyl (C=O) groups is 1. The molecule has 0 saturated heterocycles. The minimum Gasteiger partial charge on any atom is -0.459 e. The molecule has 4 aliphatic carbocycles. The van der Waals surface area contributed by atoms with E-state index in [1.165, 1.54) is 6.92 Å². The quantitative estimate of drug-likeness (QED) is 0.397. The molecule has 9 atom stereocenters. The second-order valence-electron chi connectivity index (χ2n) is 10.7. The van der Waals surface area contributed by atoms with E-state index in [4.69, 9.17) is 4.74 Å². The Labute approximate surface area is 166 Å². The van der Waals surface area contributed by atoms with E-state index < -0.39 is 52.2 Å². The Morgan fingerprint density at radius 3 is 2.39 bits per heavy atom. The zero-order valence-electron chi connectivity index (χ0n) is 17.3. The molecule has 4 N–H and O–H groups in total. The first kappa shape index (κ1) is 20.3. The number of ether oxygens (including phenoxy) is 1. The zero-order valence-corrected chi connectivity index (χ0v) is 17.3. The van der Waals surface area contributed by atoms with Gasteiger partial charge >= 0.3 is 5.97 Å². The van der Waals surface area contributed by atoms with Crippen molar-refractivity contribution in [3.63, 3.8) is 0 Å². The molecule has 1 spiro atoms. The third-order valence-corrected chi connectivity index (χ3v) is 9.03. The summed E-state index contributed by atoms with van der Waals surface area (Å²) >= 11 is 0. The van der Waals surface area contributed by atoms with Gasteiger partial charge < -0.3 is 25.2 Å². The molecule has 0 radical (unpaired) electrons. The minimum atomic E-state index is -1.48. The maximum atomic E-state index is 12.0. The number of aliphatic hydroxyl groups excluding tert-OH is 2. The van der Waals surface area contributed by atoms with Crippen molar-refractivity contribution in [3.8, 4) is 0 Å². The van der Waals surface area contributed by atoms with E-state index in [1.807, 2.05) is 0 Å². The van der Waals surface area contributed by atoms with Gasteiger partial charge in [0.1, 0.15) is 11.7 Å². The Morgan fingerprint density at radius 1 is 1.14 bits per heavy atom. The van der Waals surface area contributed by atoms with Crippen LogP contribution < -0.4 is 0 Å². The van der Waals surface area contributed by atoms with Gasteiger partial charge in [-0.1, -0.05) is 26.0 Å². The average Bonchev–Trinajstić information content (AvgIpc) is 2.77. The van der Waals surface area contributed by atoms with E-state index in [2.05, 4.69) is 6.58 Å². The Morgan fingerprint density at radius 2 is 1.79 bits per heavy atom. The van der Waals surface area contributed by atoms with Crippen molar-refractivity contribution in [1.29, 1.82) is 0 Å². The second kappa shape index (κ2) is 5.81. The Bertz CT molecular complexity index is 714. The van der Waals surface area contributed by atoms with Crippen LogP contribution >= 0.6 is 0 Å². The fraction of sp³-hybridized carbons (Fsp3) is 0.864. The molecule has 0 heterocycles. The van der Waals surface area contributed by atoms with Crippen molar-refractivity contribution in [2.45, 2.75) is 89.3 Å². The Hall–Kier alpha value is -0.950. The summed E-state index contributed by atoms with van der Waals surface area (Å²) in [5.41, 5.74) is -3.27. The first-order chi connectivity index (χ1) is 12.8. The fourth-order valence-corrected chi connectivity index (χ4v) is 7.53. The number of hydrogen-bond acceptors (Lipinski definition) is 6. The Kier molecular flexibility index (Phi) is 4.22. The van der Waals surface area contributed by atoms with E-state index in [1.54, 1.807) is 20.8 Å². The van der Waals surface area contributed by atoms with E-state index in [0.717, 1.165) is 12.0 Å².